The normalized spacial score (nSPS) is 18.6. The average molecular weight is 338 g/mol. The van der Waals surface area contributed by atoms with Gasteiger partial charge in [0.2, 0.25) is 5.91 Å². The summed E-state index contributed by atoms with van der Waals surface area (Å²) in [7, 11) is 3.21. The number of hydrogen-bond acceptors (Lipinski definition) is 3. The molecule has 5 heteroatoms. The van der Waals surface area contributed by atoms with Crippen molar-refractivity contribution in [3.05, 3.63) is 65.2 Å². The van der Waals surface area contributed by atoms with Gasteiger partial charge in [-0.1, -0.05) is 42.5 Å². The van der Waals surface area contributed by atoms with Crippen molar-refractivity contribution in [2.75, 3.05) is 19.4 Å². The van der Waals surface area contributed by atoms with E-state index in [2.05, 4.69) is 17.4 Å². The SMILES string of the molecule is CN(C)C(=O)CC1(O)C(=O)Nc2ccc(CCc3ccccc3)cc21. The zero-order valence-corrected chi connectivity index (χ0v) is 14.5. The number of fused-ring (bicyclic) bond motifs is 1. The number of nitrogens with zero attached hydrogens (tertiary/aromatic N) is 1. The van der Waals surface area contributed by atoms with Crippen LogP contribution in [0.15, 0.2) is 48.5 Å². The topological polar surface area (TPSA) is 69.6 Å². The molecule has 2 amide bonds. The number of carbonyl (C=O) groups is 2. The van der Waals surface area contributed by atoms with Crippen LogP contribution in [-0.2, 0) is 28.0 Å². The van der Waals surface area contributed by atoms with Gasteiger partial charge in [-0.25, -0.2) is 0 Å². The van der Waals surface area contributed by atoms with Crippen LogP contribution in [0, 0.1) is 0 Å². The summed E-state index contributed by atoms with van der Waals surface area (Å²) < 4.78 is 0. The van der Waals surface area contributed by atoms with E-state index in [1.54, 1.807) is 20.2 Å². The minimum absolute atomic E-state index is 0.263. The van der Waals surface area contributed by atoms with Crippen LogP contribution in [0.4, 0.5) is 5.69 Å². The fourth-order valence-electron chi connectivity index (χ4n) is 3.03. The Kier molecular flexibility index (Phi) is 4.59. The molecular weight excluding hydrogens is 316 g/mol. The van der Waals surface area contributed by atoms with Crippen molar-refractivity contribution < 1.29 is 14.7 Å². The predicted octanol–water partition coefficient (Wildman–Crippen LogP) is 2.09. The first-order chi connectivity index (χ1) is 11.9. The summed E-state index contributed by atoms with van der Waals surface area (Å²) in [5.74, 6) is -0.835. The highest BCUT2D eigenvalue weighted by Crippen LogP contribution is 2.39. The summed E-state index contributed by atoms with van der Waals surface area (Å²) in [5, 5.41) is 13.6. The average Bonchev–Trinajstić information content (AvgIpc) is 2.84. The Hall–Kier alpha value is -2.66. The molecule has 0 radical (unpaired) electrons. The summed E-state index contributed by atoms with van der Waals surface area (Å²) in [6, 6.07) is 15.7. The van der Waals surface area contributed by atoms with Crippen LogP contribution in [0.25, 0.3) is 0 Å². The number of rotatable bonds is 5. The quantitative estimate of drug-likeness (QED) is 0.877. The highest BCUT2D eigenvalue weighted by molar-refractivity contribution is 6.07. The highest BCUT2D eigenvalue weighted by Gasteiger charge is 2.47. The van der Waals surface area contributed by atoms with Crippen LogP contribution in [0.2, 0.25) is 0 Å². The molecule has 0 fully saturated rings. The van der Waals surface area contributed by atoms with E-state index in [-0.39, 0.29) is 12.3 Å². The van der Waals surface area contributed by atoms with E-state index in [0.717, 1.165) is 18.4 Å². The van der Waals surface area contributed by atoms with Crippen LogP contribution in [-0.4, -0.2) is 35.9 Å². The fraction of sp³-hybridized carbons (Fsp3) is 0.300. The third-order valence-corrected chi connectivity index (χ3v) is 4.60. The van der Waals surface area contributed by atoms with Crippen LogP contribution in [0.5, 0.6) is 0 Å². The zero-order chi connectivity index (χ0) is 18.0. The second kappa shape index (κ2) is 6.69. The van der Waals surface area contributed by atoms with Gasteiger partial charge in [0.15, 0.2) is 5.60 Å². The molecule has 1 aliphatic heterocycles. The second-order valence-electron chi connectivity index (χ2n) is 6.64. The molecular formula is C20H22N2O3. The molecule has 1 heterocycles. The van der Waals surface area contributed by atoms with Crippen LogP contribution >= 0.6 is 0 Å². The Balaban J connectivity index is 1.83. The smallest absolute Gasteiger partial charge is 0.261 e. The summed E-state index contributed by atoms with van der Waals surface area (Å²) in [5.41, 5.74) is 1.50. The van der Waals surface area contributed by atoms with Crippen LogP contribution < -0.4 is 5.32 Å². The Labute approximate surface area is 147 Å². The fourth-order valence-corrected chi connectivity index (χ4v) is 3.03. The minimum atomic E-state index is -1.81. The van der Waals surface area contributed by atoms with Crippen molar-refractivity contribution in [1.29, 1.82) is 0 Å². The van der Waals surface area contributed by atoms with Gasteiger partial charge in [0.25, 0.3) is 5.91 Å². The Morgan fingerprint density at radius 1 is 1.08 bits per heavy atom. The first-order valence-corrected chi connectivity index (χ1v) is 8.31. The lowest BCUT2D eigenvalue weighted by molar-refractivity contribution is -0.144. The minimum Gasteiger partial charge on any atom is -0.375 e. The van der Waals surface area contributed by atoms with E-state index in [9.17, 15) is 14.7 Å². The third-order valence-electron chi connectivity index (χ3n) is 4.60. The van der Waals surface area contributed by atoms with Crippen molar-refractivity contribution >= 4 is 17.5 Å². The second-order valence-corrected chi connectivity index (χ2v) is 6.64. The molecule has 0 aromatic heterocycles. The van der Waals surface area contributed by atoms with E-state index < -0.39 is 11.5 Å². The number of anilines is 1. The van der Waals surface area contributed by atoms with Crippen LogP contribution in [0.1, 0.15) is 23.1 Å². The molecule has 1 unspecified atom stereocenters. The summed E-state index contributed by atoms with van der Waals surface area (Å²) >= 11 is 0. The lowest BCUT2D eigenvalue weighted by Crippen LogP contribution is -2.39. The van der Waals surface area contributed by atoms with E-state index in [1.165, 1.54) is 10.5 Å². The molecule has 2 aromatic rings. The molecule has 0 bridgehead atoms. The van der Waals surface area contributed by atoms with Gasteiger partial charge in [0.05, 0.1) is 6.42 Å². The molecule has 0 spiro atoms. The predicted molar refractivity (Wildman–Crippen MR) is 96.1 cm³/mol. The van der Waals surface area contributed by atoms with E-state index in [0.29, 0.717) is 11.3 Å². The van der Waals surface area contributed by atoms with E-state index in [4.69, 9.17) is 0 Å². The third kappa shape index (κ3) is 3.42. The maximum Gasteiger partial charge on any atom is 0.261 e. The van der Waals surface area contributed by atoms with Gasteiger partial charge in [-0.05, 0) is 30.0 Å². The van der Waals surface area contributed by atoms with Gasteiger partial charge in [-0.15, -0.1) is 0 Å². The first-order valence-electron chi connectivity index (χ1n) is 8.31. The number of carbonyl (C=O) groups excluding carboxylic acids is 2. The number of nitrogens with one attached hydrogen (secondary N) is 1. The largest absolute Gasteiger partial charge is 0.375 e. The van der Waals surface area contributed by atoms with Crippen molar-refractivity contribution in [2.24, 2.45) is 0 Å². The molecule has 2 N–H and O–H groups in total. The standard InChI is InChI=1S/C20H22N2O3/c1-22(2)18(23)13-20(25)16-12-15(10-11-17(16)21-19(20)24)9-8-14-6-4-3-5-7-14/h3-7,10-12,25H,8-9,13H2,1-2H3,(H,21,24). The van der Waals surface area contributed by atoms with E-state index in [1.807, 2.05) is 30.3 Å². The summed E-state index contributed by atoms with van der Waals surface area (Å²) in [6.45, 7) is 0. The number of amides is 2. The first kappa shape index (κ1) is 17.2. The van der Waals surface area contributed by atoms with Crippen molar-refractivity contribution in [3.63, 3.8) is 0 Å². The van der Waals surface area contributed by atoms with Gasteiger partial charge in [-0.2, -0.15) is 0 Å². The molecule has 3 rings (SSSR count). The van der Waals surface area contributed by atoms with Crippen molar-refractivity contribution in [2.45, 2.75) is 24.9 Å². The summed E-state index contributed by atoms with van der Waals surface area (Å²) in [6.07, 6.45) is 1.40. The Bertz CT molecular complexity index is 802. The number of benzene rings is 2. The molecule has 2 aromatic carbocycles. The van der Waals surface area contributed by atoms with Gasteiger partial charge >= 0.3 is 0 Å². The molecule has 1 atom stereocenters. The maximum absolute atomic E-state index is 12.3. The number of aliphatic hydroxyl groups is 1. The van der Waals surface area contributed by atoms with Crippen molar-refractivity contribution in [3.8, 4) is 0 Å². The molecule has 0 saturated heterocycles. The van der Waals surface area contributed by atoms with Gasteiger partial charge < -0.3 is 15.3 Å². The summed E-state index contributed by atoms with van der Waals surface area (Å²) in [4.78, 5) is 25.7. The number of hydrogen-bond donors (Lipinski definition) is 2. The Morgan fingerprint density at radius 3 is 2.44 bits per heavy atom. The van der Waals surface area contributed by atoms with Crippen molar-refractivity contribution in [1.82, 2.24) is 4.90 Å². The maximum atomic E-state index is 12.3. The molecule has 0 saturated carbocycles. The monoisotopic (exact) mass is 338 g/mol. The molecule has 5 nitrogen and oxygen atoms in total. The molecule has 130 valence electrons. The lowest BCUT2D eigenvalue weighted by atomic mass is 9.89. The number of aryl methyl sites for hydroxylation is 2. The molecule has 25 heavy (non-hydrogen) atoms. The molecule has 0 aliphatic carbocycles. The Morgan fingerprint density at radius 2 is 1.76 bits per heavy atom. The van der Waals surface area contributed by atoms with Gasteiger partial charge in [0, 0.05) is 25.3 Å². The van der Waals surface area contributed by atoms with Crippen LogP contribution in [0.3, 0.4) is 0 Å². The molecule has 1 aliphatic rings. The van der Waals surface area contributed by atoms with E-state index >= 15 is 0 Å². The highest BCUT2D eigenvalue weighted by atomic mass is 16.3. The van der Waals surface area contributed by atoms with Gasteiger partial charge in [-0.3, -0.25) is 9.59 Å². The zero-order valence-electron chi connectivity index (χ0n) is 14.5. The van der Waals surface area contributed by atoms with Gasteiger partial charge in [0.1, 0.15) is 0 Å². The lowest BCUT2D eigenvalue weighted by Gasteiger charge is -2.22.